The van der Waals surface area contributed by atoms with Gasteiger partial charge in [0.05, 0.1) is 0 Å². The molecule has 0 amide bonds. The molecule has 0 bridgehead atoms. The highest BCUT2D eigenvalue weighted by molar-refractivity contribution is 5.06. The molecule has 1 aliphatic carbocycles. The van der Waals surface area contributed by atoms with Crippen molar-refractivity contribution < 1.29 is 0 Å². The van der Waals surface area contributed by atoms with Gasteiger partial charge in [0.2, 0.25) is 0 Å². The zero-order valence-corrected chi connectivity index (χ0v) is 7.32. The summed E-state index contributed by atoms with van der Waals surface area (Å²) in [4.78, 5) is 0. The quantitative estimate of drug-likeness (QED) is 0.523. The summed E-state index contributed by atoms with van der Waals surface area (Å²) < 4.78 is 0. The van der Waals surface area contributed by atoms with Gasteiger partial charge in [0.15, 0.2) is 0 Å². The van der Waals surface area contributed by atoms with Crippen LogP contribution in [0.4, 0.5) is 0 Å². The smallest absolute Gasteiger partial charge is 0.00204 e. The molecular weight excluding hydrogens is 134 g/mol. The zero-order valence-electron chi connectivity index (χ0n) is 7.32. The molecule has 0 aromatic rings. The van der Waals surface area contributed by atoms with E-state index < -0.39 is 0 Å². The van der Waals surface area contributed by atoms with Crippen LogP contribution in [0.1, 0.15) is 32.6 Å². The average Bonchev–Trinajstić information content (AvgIpc) is 2.09. The second-order valence-corrected chi connectivity index (χ2v) is 4.19. The van der Waals surface area contributed by atoms with E-state index in [0.29, 0.717) is 5.41 Å². The summed E-state index contributed by atoms with van der Waals surface area (Å²) in [5.74, 6) is 0. The normalized spacial score (nSPS) is 29.0. The maximum absolute atomic E-state index is 3.39. The van der Waals surface area contributed by atoms with Crippen LogP contribution in [0.3, 0.4) is 0 Å². The lowest BCUT2D eigenvalue weighted by Gasteiger charge is -2.42. The third-order valence-electron chi connectivity index (χ3n) is 3.22. The van der Waals surface area contributed by atoms with Crippen LogP contribution >= 0.6 is 0 Å². The van der Waals surface area contributed by atoms with Crippen molar-refractivity contribution >= 4 is 0 Å². The van der Waals surface area contributed by atoms with Gasteiger partial charge < -0.3 is 5.32 Å². The highest BCUT2D eigenvalue weighted by atomic mass is 15.0. The Morgan fingerprint density at radius 1 is 1.36 bits per heavy atom. The molecule has 0 saturated carbocycles. The maximum atomic E-state index is 3.39. The first-order chi connectivity index (χ1) is 5.31. The third kappa shape index (κ3) is 1.34. The fourth-order valence-corrected chi connectivity index (χ4v) is 2.15. The first-order valence-corrected chi connectivity index (χ1v) is 4.67. The summed E-state index contributed by atoms with van der Waals surface area (Å²) in [7, 11) is 0. The molecular formula is C10H17N. The van der Waals surface area contributed by atoms with Crippen LogP contribution in [0.15, 0.2) is 11.6 Å². The van der Waals surface area contributed by atoms with Gasteiger partial charge in [-0.3, -0.25) is 0 Å². The minimum Gasteiger partial charge on any atom is -0.316 e. The van der Waals surface area contributed by atoms with E-state index in [0.717, 1.165) is 0 Å². The lowest BCUT2D eigenvalue weighted by Crippen LogP contribution is -2.53. The van der Waals surface area contributed by atoms with E-state index in [9.17, 15) is 0 Å². The largest absolute Gasteiger partial charge is 0.316 e. The molecule has 2 rings (SSSR count). The van der Waals surface area contributed by atoms with Crippen LogP contribution in [-0.4, -0.2) is 13.1 Å². The highest BCUT2D eigenvalue weighted by Gasteiger charge is 2.36. The minimum absolute atomic E-state index is 0.703. The van der Waals surface area contributed by atoms with Gasteiger partial charge in [0, 0.05) is 13.1 Å². The molecule has 0 radical (unpaired) electrons. The SMILES string of the molecule is CC1=CCCC2(CC1)CNC2. The molecule has 1 nitrogen and oxygen atoms in total. The van der Waals surface area contributed by atoms with Crippen LogP contribution in [-0.2, 0) is 0 Å². The predicted molar refractivity (Wildman–Crippen MR) is 47.5 cm³/mol. The monoisotopic (exact) mass is 151 g/mol. The topological polar surface area (TPSA) is 12.0 Å². The number of hydrogen-bond donors (Lipinski definition) is 1. The molecule has 2 aliphatic rings. The maximum Gasteiger partial charge on any atom is 0.00204 e. The third-order valence-corrected chi connectivity index (χ3v) is 3.22. The molecule has 1 saturated heterocycles. The Bertz CT molecular complexity index is 177. The lowest BCUT2D eigenvalue weighted by molar-refractivity contribution is 0.143. The summed E-state index contributed by atoms with van der Waals surface area (Å²) in [6.45, 7) is 4.81. The first-order valence-electron chi connectivity index (χ1n) is 4.67. The van der Waals surface area contributed by atoms with Gasteiger partial charge in [-0.15, -0.1) is 0 Å². The summed E-state index contributed by atoms with van der Waals surface area (Å²) in [5, 5.41) is 3.39. The summed E-state index contributed by atoms with van der Waals surface area (Å²) in [6.07, 6.45) is 7.90. The van der Waals surface area contributed by atoms with E-state index >= 15 is 0 Å². The minimum atomic E-state index is 0.703. The molecule has 1 aliphatic heterocycles. The van der Waals surface area contributed by atoms with E-state index in [1.54, 1.807) is 5.57 Å². The number of nitrogens with one attached hydrogen (secondary N) is 1. The summed E-state index contributed by atoms with van der Waals surface area (Å²) in [5.41, 5.74) is 2.31. The first kappa shape index (κ1) is 7.35. The van der Waals surface area contributed by atoms with Crippen molar-refractivity contribution in [1.82, 2.24) is 5.32 Å². The zero-order chi connectivity index (χ0) is 7.73. The molecule has 1 heteroatoms. The second kappa shape index (κ2) is 2.63. The van der Waals surface area contributed by atoms with Gasteiger partial charge in [-0.2, -0.15) is 0 Å². The van der Waals surface area contributed by atoms with E-state index in [4.69, 9.17) is 0 Å². The summed E-state index contributed by atoms with van der Waals surface area (Å²) in [6, 6.07) is 0. The van der Waals surface area contributed by atoms with Crippen LogP contribution in [0.25, 0.3) is 0 Å². The van der Waals surface area contributed by atoms with E-state index in [2.05, 4.69) is 18.3 Å². The van der Waals surface area contributed by atoms with E-state index in [1.807, 2.05) is 0 Å². The van der Waals surface area contributed by atoms with E-state index in [1.165, 1.54) is 38.8 Å². The molecule has 0 aromatic heterocycles. The van der Waals surface area contributed by atoms with Crippen molar-refractivity contribution in [2.75, 3.05) is 13.1 Å². The van der Waals surface area contributed by atoms with Crippen LogP contribution in [0.5, 0.6) is 0 Å². The molecule has 1 heterocycles. The van der Waals surface area contributed by atoms with Crippen LogP contribution in [0, 0.1) is 5.41 Å². The Morgan fingerprint density at radius 2 is 2.18 bits per heavy atom. The van der Waals surface area contributed by atoms with Crippen molar-refractivity contribution in [3.05, 3.63) is 11.6 Å². The van der Waals surface area contributed by atoms with E-state index in [-0.39, 0.29) is 0 Å². The molecule has 0 unspecified atom stereocenters. The van der Waals surface area contributed by atoms with Crippen LogP contribution in [0.2, 0.25) is 0 Å². The second-order valence-electron chi connectivity index (χ2n) is 4.19. The number of allylic oxidation sites excluding steroid dienone is 2. The van der Waals surface area contributed by atoms with Gasteiger partial charge in [0.1, 0.15) is 0 Å². The van der Waals surface area contributed by atoms with Crippen LogP contribution < -0.4 is 5.32 Å². The Kier molecular flexibility index (Phi) is 1.76. The Hall–Kier alpha value is -0.300. The predicted octanol–water partition coefficient (Wildman–Crippen LogP) is 2.10. The van der Waals surface area contributed by atoms with Gasteiger partial charge in [-0.25, -0.2) is 0 Å². The van der Waals surface area contributed by atoms with Gasteiger partial charge in [0.25, 0.3) is 0 Å². The molecule has 1 N–H and O–H groups in total. The lowest BCUT2D eigenvalue weighted by atomic mass is 9.75. The average molecular weight is 151 g/mol. The molecule has 0 aromatic carbocycles. The number of hydrogen-bond acceptors (Lipinski definition) is 1. The Morgan fingerprint density at radius 3 is 2.82 bits per heavy atom. The molecule has 1 fully saturated rings. The van der Waals surface area contributed by atoms with Crippen molar-refractivity contribution in [3.8, 4) is 0 Å². The summed E-state index contributed by atoms with van der Waals surface area (Å²) >= 11 is 0. The standard InChI is InChI=1S/C10H17N/c1-9-3-2-5-10(6-4-9)7-11-8-10/h3,11H,2,4-8H2,1H3. The van der Waals surface area contributed by atoms with Crippen molar-refractivity contribution in [2.24, 2.45) is 5.41 Å². The van der Waals surface area contributed by atoms with Gasteiger partial charge in [-0.1, -0.05) is 11.6 Å². The van der Waals surface area contributed by atoms with Gasteiger partial charge in [-0.05, 0) is 38.0 Å². The molecule has 62 valence electrons. The fourth-order valence-electron chi connectivity index (χ4n) is 2.15. The molecule has 0 atom stereocenters. The Labute approximate surface area is 68.9 Å². The molecule has 11 heavy (non-hydrogen) atoms. The molecule has 1 spiro atoms. The fraction of sp³-hybridized carbons (Fsp3) is 0.800. The van der Waals surface area contributed by atoms with Crippen molar-refractivity contribution in [1.29, 1.82) is 0 Å². The number of rotatable bonds is 0. The Balaban J connectivity index is 1.98. The van der Waals surface area contributed by atoms with Gasteiger partial charge >= 0.3 is 0 Å². The van der Waals surface area contributed by atoms with Crippen molar-refractivity contribution in [2.45, 2.75) is 32.6 Å². The highest BCUT2D eigenvalue weighted by Crippen LogP contribution is 2.37. The van der Waals surface area contributed by atoms with Crippen molar-refractivity contribution in [3.63, 3.8) is 0 Å².